The third kappa shape index (κ3) is 3.97. The number of hydrogen-bond acceptors (Lipinski definition) is 7. The lowest BCUT2D eigenvalue weighted by atomic mass is 9.96. The van der Waals surface area contributed by atoms with Crippen molar-refractivity contribution in [2.24, 2.45) is 0 Å². The van der Waals surface area contributed by atoms with Crippen LogP contribution in [0.1, 0.15) is 49.2 Å². The van der Waals surface area contributed by atoms with Crippen LogP contribution in [-0.2, 0) is 35.4 Å². The van der Waals surface area contributed by atoms with E-state index in [2.05, 4.69) is 10.1 Å². The maximum absolute atomic E-state index is 11.9. The Morgan fingerprint density at radius 1 is 1.26 bits per heavy atom. The highest BCUT2D eigenvalue weighted by Gasteiger charge is 2.18. The molecule has 0 fully saturated rings. The number of nitrogens with zero attached hydrogens (tertiary/aromatic N) is 2. The Morgan fingerprint density at radius 3 is 3.04 bits per heavy atom. The lowest BCUT2D eigenvalue weighted by Gasteiger charge is -2.09. The van der Waals surface area contributed by atoms with Crippen LogP contribution in [0.25, 0.3) is 11.0 Å². The van der Waals surface area contributed by atoms with Crippen molar-refractivity contribution in [2.45, 2.75) is 52.1 Å². The van der Waals surface area contributed by atoms with Crippen molar-refractivity contribution in [3.63, 3.8) is 0 Å². The predicted molar refractivity (Wildman–Crippen MR) is 96.4 cm³/mol. The molecule has 0 amide bonds. The third-order valence-corrected chi connectivity index (χ3v) is 4.62. The van der Waals surface area contributed by atoms with Gasteiger partial charge in [0.15, 0.2) is 19.0 Å². The van der Waals surface area contributed by atoms with Crippen LogP contribution in [0.15, 0.2) is 27.1 Å². The molecule has 0 N–H and O–H groups in total. The second kappa shape index (κ2) is 7.82. The Morgan fingerprint density at radius 2 is 2.15 bits per heavy atom. The van der Waals surface area contributed by atoms with Gasteiger partial charge >= 0.3 is 5.97 Å². The minimum Gasteiger partial charge on any atom is -0.482 e. The number of esters is 1. The first-order valence-corrected chi connectivity index (χ1v) is 9.37. The number of aromatic nitrogens is 2. The van der Waals surface area contributed by atoms with E-state index in [-0.39, 0.29) is 13.2 Å². The van der Waals surface area contributed by atoms with Gasteiger partial charge in [-0.05, 0) is 43.9 Å². The second-order valence-electron chi connectivity index (χ2n) is 6.67. The molecule has 0 unspecified atom stereocenters. The average molecular weight is 370 g/mol. The van der Waals surface area contributed by atoms with Crippen LogP contribution in [-0.4, -0.2) is 22.7 Å². The topological polar surface area (TPSA) is 87.6 Å². The summed E-state index contributed by atoms with van der Waals surface area (Å²) in [6.45, 7) is 1.80. The number of benzene rings is 1. The van der Waals surface area contributed by atoms with E-state index in [1.165, 1.54) is 18.4 Å². The lowest BCUT2D eigenvalue weighted by molar-refractivity contribution is -0.148. The fraction of sp³-hybridized carbons (Fsp3) is 0.450. The summed E-state index contributed by atoms with van der Waals surface area (Å²) in [4.78, 5) is 16.1. The molecule has 0 aliphatic heterocycles. The van der Waals surface area contributed by atoms with Gasteiger partial charge in [0.2, 0.25) is 0 Å². The van der Waals surface area contributed by atoms with Crippen molar-refractivity contribution >= 4 is 16.9 Å². The first-order chi connectivity index (χ1) is 13.2. The van der Waals surface area contributed by atoms with Crippen LogP contribution in [0, 0.1) is 0 Å². The highest BCUT2D eigenvalue weighted by Crippen LogP contribution is 2.33. The normalized spacial score (nSPS) is 13.5. The first-order valence-electron chi connectivity index (χ1n) is 9.37. The Balaban J connectivity index is 1.33. The minimum absolute atomic E-state index is 0.0484. The molecule has 4 rings (SSSR count). The van der Waals surface area contributed by atoms with Gasteiger partial charge in [0, 0.05) is 23.8 Å². The quantitative estimate of drug-likeness (QED) is 0.585. The Labute approximate surface area is 156 Å². The molecule has 2 aromatic heterocycles. The molecule has 1 aromatic carbocycles. The molecule has 142 valence electrons. The largest absolute Gasteiger partial charge is 0.482 e. The Hall–Kier alpha value is -2.83. The second-order valence-corrected chi connectivity index (χ2v) is 6.67. The predicted octanol–water partition coefficient (Wildman–Crippen LogP) is 3.77. The summed E-state index contributed by atoms with van der Waals surface area (Å²) in [6, 6.07) is 5.63. The number of furan rings is 1. The van der Waals surface area contributed by atoms with E-state index in [1.54, 1.807) is 6.07 Å². The third-order valence-electron chi connectivity index (χ3n) is 4.62. The van der Waals surface area contributed by atoms with Crippen molar-refractivity contribution in [3.05, 3.63) is 41.2 Å². The van der Waals surface area contributed by atoms with E-state index in [0.717, 1.165) is 42.4 Å². The van der Waals surface area contributed by atoms with Crippen LogP contribution >= 0.6 is 0 Å². The molecule has 0 atom stereocenters. The van der Waals surface area contributed by atoms with E-state index in [9.17, 15) is 4.79 Å². The molecular weight excluding hydrogens is 348 g/mol. The molecule has 0 radical (unpaired) electrons. The summed E-state index contributed by atoms with van der Waals surface area (Å²) in [5, 5.41) is 4.89. The van der Waals surface area contributed by atoms with Crippen molar-refractivity contribution in [1.29, 1.82) is 0 Å². The van der Waals surface area contributed by atoms with Gasteiger partial charge in [0.05, 0.1) is 0 Å². The van der Waals surface area contributed by atoms with Crippen LogP contribution in [0.2, 0.25) is 0 Å². The minimum atomic E-state index is -0.487. The molecule has 0 bridgehead atoms. The van der Waals surface area contributed by atoms with E-state index in [1.807, 2.05) is 19.1 Å². The van der Waals surface area contributed by atoms with Crippen LogP contribution in [0.5, 0.6) is 5.75 Å². The summed E-state index contributed by atoms with van der Waals surface area (Å²) in [6.07, 6.45) is 6.02. The summed E-state index contributed by atoms with van der Waals surface area (Å²) in [5.74, 6) is 2.13. The molecule has 27 heavy (non-hydrogen) atoms. The number of hydrogen-bond donors (Lipinski definition) is 0. The average Bonchev–Trinajstić information content (AvgIpc) is 3.29. The van der Waals surface area contributed by atoms with E-state index >= 15 is 0 Å². The SMILES string of the molecule is CCCc1noc(COC(=O)COc2ccc3oc4c(c3c2)CCCC4)n1. The monoisotopic (exact) mass is 370 g/mol. The van der Waals surface area contributed by atoms with Gasteiger partial charge in [-0.3, -0.25) is 0 Å². The maximum Gasteiger partial charge on any atom is 0.344 e. The smallest absolute Gasteiger partial charge is 0.344 e. The van der Waals surface area contributed by atoms with Gasteiger partial charge in [-0.2, -0.15) is 4.98 Å². The molecule has 7 heteroatoms. The summed E-state index contributed by atoms with van der Waals surface area (Å²) in [5.41, 5.74) is 2.14. The molecule has 2 heterocycles. The molecule has 0 spiro atoms. The van der Waals surface area contributed by atoms with E-state index in [4.69, 9.17) is 18.4 Å². The van der Waals surface area contributed by atoms with Crippen LogP contribution in [0.4, 0.5) is 0 Å². The molecule has 1 aliphatic carbocycles. The number of carbonyl (C=O) groups is 1. The fourth-order valence-electron chi connectivity index (χ4n) is 3.33. The molecule has 1 aliphatic rings. The Bertz CT molecular complexity index is 943. The zero-order valence-corrected chi connectivity index (χ0v) is 15.3. The van der Waals surface area contributed by atoms with Crippen LogP contribution < -0.4 is 4.74 Å². The number of carbonyl (C=O) groups excluding carboxylic acids is 1. The molecule has 3 aromatic rings. The number of ether oxygens (including phenoxy) is 2. The summed E-state index contributed by atoms with van der Waals surface area (Å²) >= 11 is 0. The van der Waals surface area contributed by atoms with Gasteiger partial charge in [0.1, 0.15) is 17.1 Å². The molecule has 7 nitrogen and oxygen atoms in total. The first kappa shape index (κ1) is 17.6. The summed E-state index contributed by atoms with van der Waals surface area (Å²) in [7, 11) is 0. The maximum atomic E-state index is 11.9. The molecular formula is C20H22N2O5. The van der Waals surface area contributed by atoms with Crippen molar-refractivity contribution in [1.82, 2.24) is 10.1 Å². The number of fused-ring (bicyclic) bond motifs is 3. The standard InChI is InChI=1S/C20H22N2O5/c1-2-5-18-21-19(27-22-18)11-25-20(23)12-24-13-8-9-17-15(10-13)14-6-3-4-7-16(14)26-17/h8-10H,2-7,11-12H2,1H3. The number of aryl methyl sites for hydroxylation is 3. The Kier molecular flexibility index (Phi) is 5.09. The zero-order chi connectivity index (χ0) is 18.6. The van der Waals surface area contributed by atoms with Crippen molar-refractivity contribution in [2.75, 3.05) is 6.61 Å². The van der Waals surface area contributed by atoms with Gasteiger partial charge in [-0.1, -0.05) is 12.1 Å². The highest BCUT2D eigenvalue weighted by molar-refractivity contribution is 5.84. The van der Waals surface area contributed by atoms with E-state index < -0.39 is 5.97 Å². The van der Waals surface area contributed by atoms with Gasteiger partial charge in [-0.25, -0.2) is 4.79 Å². The van der Waals surface area contributed by atoms with Gasteiger partial charge in [-0.15, -0.1) is 0 Å². The summed E-state index contributed by atoms with van der Waals surface area (Å²) < 4.78 is 21.7. The zero-order valence-electron chi connectivity index (χ0n) is 15.3. The fourth-order valence-corrected chi connectivity index (χ4v) is 3.33. The van der Waals surface area contributed by atoms with Crippen molar-refractivity contribution < 1.29 is 23.2 Å². The van der Waals surface area contributed by atoms with Gasteiger partial charge in [0.25, 0.3) is 5.89 Å². The molecule has 0 saturated heterocycles. The number of rotatable bonds is 7. The van der Waals surface area contributed by atoms with E-state index in [0.29, 0.717) is 17.5 Å². The lowest BCUT2D eigenvalue weighted by Crippen LogP contribution is -2.14. The molecule has 0 saturated carbocycles. The van der Waals surface area contributed by atoms with Crippen LogP contribution in [0.3, 0.4) is 0 Å². The van der Waals surface area contributed by atoms with Crippen molar-refractivity contribution in [3.8, 4) is 5.75 Å². The highest BCUT2D eigenvalue weighted by atomic mass is 16.6. The van der Waals surface area contributed by atoms with Gasteiger partial charge < -0.3 is 18.4 Å².